The predicted octanol–water partition coefficient (Wildman–Crippen LogP) is 1.43. The summed E-state index contributed by atoms with van der Waals surface area (Å²) in [7, 11) is 0. The van der Waals surface area contributed by atoms with Gasteiger partial charge in [-0.15, -0.1) is 5.10 Å². The zero-order chi connectivity index (χ0) is 9.10. The van der Waals surface area contributed by atoms with Crippen LogP contribution in [0.1, 0.15) is 12.6 Å². The molecule has 0 bridgehead atoms. The van der Waals surface area contributed by atoms with Gasteiger partial charge < -0.3 is 0 Å². The third kappa shape index (κ3) is 1.56. The van der Waals surface area contributed by atoms with E-state index in [4.69, 9.17) is 0 Å². The Morgan fingerprint density at radius 1 is 1.38 bits per heavy atom. The molecule has 2 aromatic rings. The summed E-state index contributed by atoms with van der Waals surface area (Å²) < 4.78 is 0. The van der Waals surface area contributed by atoms with E-state index in [9.17, 15) is 0 Å². The Morgan fingerprint density at radius 3 is 3.00 bits per heavy atom. The second-order valence-electron chi connectivity index (χ2n) is 2.74. The summed E-state index contributed by atoms with van der Waals surface area (Å²) in [5, 5.41) is 10.1. The lowest BCUT2D eigenvalue weighted by Crippen LogP contribution is -1.89. The summed E-state index contributed by atoms with van der Waals surface area (Å²) in [6.07, 6.45) is 2.61. The molecule has 0 unspecified atom stereocenters. The number of aryl methyl sites for hydroxylation is 1. The minimum Gasteiger partial charge on any atom is -0.256 e. The first-order chi connectivity index (χ1) is 6.40. The first-order valence-corrected chi connectivity index (χ1v) is 4.22. The quantitative estimate of drug-likeness (QED) is 0.749. The molecule has 1 N–H and O–H groups in total. The van der Waals surface area contributed by atoms with E-state index in [0.717, 1.165) is 23.5 Å². The first-order valence-electron chi connectivity index (χ1n) is 4.22. The molecule has 0 spiro atoms. The highest BCUT2D eigenvalue weighted by Crippen LogP contribution is 2.12. The van der Waals surface area contributed by atoms with E-state index >= 15 is 0 Å². The predicted molar refractivity (Wildman–Crippen MR) is 49.0 cm³/mol. The van der Waals surface area contributed by atoms with Crippen molar-refractivity contribution in [2.75, 3.05) is 0 Å². The topological polar surface area (TPSA) is 54.5 Å². The van der Waals surface area contributed by atoms with Crippen molar-refractivity contribution < 1.29 is 0 Å². The second kappa shape index (κ2) is 3.35. The standard InChI is InChI=1S/C9H10N4/c1-2-7-4-3-5-8(11-7)9-6-10-13-12-9/h3-6H,2H2,1H3,(H,10,12,13). The third-order valence-corrected chi connectivity index (χ3v) is 1.86. The van der Waals surface area contributed by atoms with Crippen LogP contribution >= 0.6 is 0 Å². The highest BCUT2D eigenvalue weighted by atomic mass is 15.3. The van der Waals surface area contributed by atoms with Gasteiger partial charge in [0.2, 0.25) is 0 Å². The summed E-state index contributed by atoms with van der Waals surface area (Å²) in [6, 6.07) is 5.93. The van der Waals surface area contributed by atoms with Crippen LogP contribution in [0.25, 0.3) is 11.4 Å². The number of aromatic amines is 1. The van der Waals surface area contributed by atoms with Gasteiger partial charge in [-0.3, -0.25) is 10.1 Å². The molecule has 2 rings (SSSR count). The average molecular weight is 174 g/mol. The highest BCUT2D eigenvalue weighted by molar-refractivity contribution is 5.51. The number of aromatic nitrogens is 4. The molecule has 2 heterocycles. The molecule has 13 heavy (non-hydrogen) atoms. The van der Waals surface area contributed by atoms with Crippen LogP contribution in [0, 0.1) is 0 Å². The fourth-order valence-electron chi connectivity index (χ4n) is 1.15. The number of nitrogens with one attached hydrogen (secondary N) is 1. The molecule has 0 fully saturated rings. The summed E-state index contributed by atoms with van der Waals surface area (Å²) >= 11 is 0. The summed E-state index contributed by atoms with van der Waals surface area (Å²) in [4.78, 5) is 4.42. The monoisotopic (exact) mass is 174 g/mol. The van der Waals surface area contributed by atoms with Gasteiger partial charge in [0, 0.05) is 5.69 Å². The van der Waals surface area contributed by atoms with Crippen LogP contribution in [-0.2, 0) is 6.42 Å². The first kappa shape index (κ1) is 7.91. The maximum Gasteiger partial charge on any atom is 0.104 e. The SMILES string of the molecule is CCc1cccc(-c2cnn[nH]2)n1. The van der Waals surface area contributed by atoms with Crippen molar-refractivity contribution >= 4 is 0 Å². The lowest BCUT2D eigenvalue weighted by atomic mass is 10.2. The molecular weight excluding hydrogens is 164 g/mol. The summed E-state index contributed by atoms with van der Waals surface area (Å²) in [5.41, 5.74) is 2.83. The molecule has 66 valence electrons. The van der Waals surface area contributed by atoms with Crippen LogP contribution in [0.4, 0.5) is 0 Å². The van der Waals surface area contributed by atoms with Gasteiger partial charge in [0.05, 0.1) is 11.9 Å². The van der Waals surface area contributed by atoms with Crippen molar-refractivity contribution in [3.8, 4) is 11.4 Å². The Labute approximate surface area is 76.0 Å². The van der Waals surface area contributed by atoms with Crippen molar-refractivity contribution in [3.05, 3.63) is 30.1 Å². The Bertz CT molecular complexity index is 380. The van der Waals surface area contributed by atoms with Crippen LogP contribution in [0.5, 0.6) is 0 Å². The molecule has 0 aromatic carbocycles. The van der Waals surface area contributed by atoms with Crippen LogP contribution < -0.4 is 0 Å². The summed E-state index contributed by atoms with van der Waals surface area (Å²) in [6.45, 7) is 2.08. The van der Waals surface area contributed by atoms with E-state index in [2.05, 4.69) is 27.3 Å². The molecule has 2 aromatic heterocycles. The number of hydrogen-bond acceptors (Lipinski definition) is 3. The summed E-state index contributed by atoms with van der Waals surface area (Å²) in [5.74, 6) is 0. The Morgan fingerprint density at radius 2 is 2.31 bits per heavy atom. The number of hydrogen-bond donors (Lipinski definition) is 1. The van der Waals surface area contributed by atoms with E-state index in [1.54, 1.807) is 6.20 Å². The van der Waals surface area contributed by atoms with Crippen LogP contribution in [-0.4, -0.2) is 20.4 Å². The lowest BCUT2D eigenvalue weighted by Gasteiger charge is -1.98. The molecule has 4 nitrogen and oxygen atoms in total. The van der Waals surface area contributed by atoms with E-state index in [1.165, 1.54) is 0 Å². The van der Waals surface area contributed by atoms with E-state index < -0.39 is 0 Å². The van der Waals surface area contributed by atoms with Crippen LogP contribution in [0.2, 0.25) is 0 Å². The van der Waals surface area contributed by atoms with Crippen molar-refractivity contribution in [1.29, 1.82) is 0 Å². The van der Waals surface area contributed by atoms with Gasteiger partial charge in [-0.2, -0.15) is 0 Å². The van der Waals surface area contributed by atoms with Gasteiger partial charge >= 0.3 is 0 Å². The van der Waals surface area contributed by atoms with Gasteiger partial charge in [0.15, 0.2) is 0 Å². The minimum absolute atomic E-state index is 0.857. The molecule has 0 aliphatic carbocycles. The fourth-order valence-corrected chi connectivity index (χ4v) is 1.15. The number of H-pyrrole nitrogens is 1. The fraction of sp³-hybridized carbons (Fsp3) is 0.222. The Balaban J connectivity index is 2.41. The molecule has 0 atom stereocenters. The van der Waals surface area contributed by atoms with Gasteiger partial charge in [-0.25, -0.2) is 0 Å². The zero-order valence-electron chi connectivity index (χ0n) is 7.36. The van der Waals surface area contributed by atoms with Gasteiger partial charge in [-0.1, -0.05) is 18.2 Å². The smallest absolute Gasteiger partial charge is 0.104 e. The van der Waals surface area contributed by atoms with Crippen LogP contribution in [0.3, 0.4) is 0 Å². The molecule has 0 aliphatic rings. The second-order valence-corrected chi connectivity index (χ2v) is 2.74. The van der Waals surface area contributed by atoms with Gasteiger partial charge in [0.1, 0.15) is 5.69 Å². The number of rotatable bonds is 2. The molecular formula is C9H10N4. The van der Waals surface area contributed by atoms with Gasteiger partial charge in [-0.05, 0) is 18.6 Å². The van der Waals surface area contributed by atoms with Crippen LogP contribution in [0.15, 0.2) is 24.4 Å². The molecule has 0 saturated carbocycles. The normalized spacial score (nSPS) is 10.2. The number of pyridine rings is 1. The molecule has 0 radical (unpaired) electrons. The molecule has 0 aliphatic heterocycles. The Hall–Kier alpha value is -1.71. The van der Waals surface area contributed by atoms with E-state index in [1.807, 2.05) is 18.2 Å². The lowest BCUT2D eigenvalue weighted by molar-refractivity contribution is 0.939. The molecule has 0 amide bonds. The maximum atomic E-state index is 4.42. The minimum atomic E-state index is 0.857. The average Bonchev–Trinajstić information content (AvgIpc) is 2.71. The largest absolute Gasteiger partial charge is 0.256 e. The van der Waals surface area contributed by atoms with Crippen molar-refractivity contribution in [3.63, 3.8) is 0 Å². The number of nitrogens with zero attached hydrogens (tertiary/aromatic N) is 3. The van der Waals surface area contributed by atoms with Crippen molar-refractivity contribution in [2.24, 2.45) is 0 Å². The highest BCUT2D eigenvalue weighted by Gasteiger charge is 2.00. The van der Waals surface area contributed by atoms with Gasteiger partial charge in [0.25, 0.3) is 0 Å². The Kier molecular flexibility index (Phi) is 2.04. The van der Waals surface area contributed by atoms with Crippen molar-refractivity contribution in [1.82, 2.24) is 20.4 Å². The third-order valence-electron chi connectivity index (χ3n) is 1.86. The molecule has 4 heteroatoms. The van der Waals surface area contributed by atoms with E-state index in [0.29, 0.717) is 0 Å². The maximum absolute atomic E-state index is 4.42. The van der Waals surface area contributed by atoms with E-state index in [-0.39, 0.29) is 0 Å². The molecule has 0 saturated heterocycles. The zero-order valence-corrected chi connectivity index (χ0v) is 7.36. The van der Waals surface area contributed by atoms with Crippen molar-refractivity contribution in [2.45, 2.75) is 13.3 Å².